The zero-order valence-electron chi connectivity index (χ0n) is 14.9. The smallest absolute Gasteiger partial charge is 0.257 e. The Morgan fingerprint density at radius 3 is 2.29 bits per heavy atom. The molecule has 2 heterocycles. The predicted molar refractivity (Wildman–Crippen MR) is 105 cm³/mol. The Morgan fingerprint density at radius 2 is 1.57 bits per heavy atom. The molecule has 4 rings (SSSR count). The summed E-state index contributed by atoms with van der Waals surface area (Å²) in [6.07, 6.45) is 1.69. The van der Waals surface area contributed by atoms with Gasteiger partial charge < -0.3 is 9.80 Å². The first-order valence-corrected chi connectivity index (χ1v) is 9.30. The van der Waals surface area contributed by atoms with E-state index in [0.717, 1.165) is 10.9 Å². The van der Waals surface area contributed by atoms with Crippen LogP contribution in [0.1, 0.15) is 20.7 Å². The van der Waals surface area contributed by atoms with E-state index in [9.17, 15) is 14.0 Å². The van der Waals surface area contributed by atoms with Gasteiger partial charge in [-0.3, -0.25) is 14.6 Å². The molecule has 0 bridgehead atoms. The van der Waals surface area contributed by atoms with Gasteiger partial charge in [0.2, 0.25) is 0 Å². The van der Waals surface area contributed by atoms with Crippen molar-refractivity contribution in [1.29, 1.82) is 0 Å². The molecule has 0 radical (unpaired) electrons. The van der Waals surface area contributed by atoms with Gasteiger partial charge in [-0.2, -0.15) is 0 Å². The molecule has 0 saturated carbocycles. The Kier molecular flexibility index (Phi) is 4.96. The number of benzene rings is 2. The molecule has 1 saturated heterocycles. The van der Waals surface area contributed by atoms with Crippen LogP contribution < -0.4 is 0 Å². The van der Waals surface area contributed by atoms with E-state index in [1.54, 1.807) is 28.1 Å². The van der Waals surface area contributed by atoms with Gasteiger partial charge in [0.15, 0.2) is 0 Å². The highest BCUT2D eigenvalue weighted by Crippen LogP contribution is 2.21. The lowest BCUT2D eigenvalue weighted by molar-refractivity contribution is 0.0534. The fourth-order valence-corrected chi connectivity index (χ4v) is 3.58. The summed E-state index contributed by atoms with van der Waals surface area (Å²) in [5, 5.41) is 1.11. The summed E-state index contributed by atoms with van der Waals surface area (Å²) in [7, 11) is 0. The molecule has 3 aromatic rings. The van der Waals surface area contributed by atoms with E-state index in [0.29, 0.717) is 36.8 Å². The molecule has 0 unspecified atom stereocenters. The maximum atomic E-state index is 14.0. The summed E-state index contributed by atoms with van der Waals surface area (Å²) in [6.45, 7) is 1.42. The van der Waals surface area contributed by atoms with E-state index < -0.39 is 11.7 Å². The molecule has 2 amide bonds. The third kappa shape index (κ3) is 3.43. The largest absolute Gasteiger partial charge is 0.335 e. The standard InChI is InChI=1S/C21H17ClFN3O2/c22-14-6-7-18(23)17(13-14)21(28)26-11-9-25(10-12-26)20(27)16-3-1-5-19-15(16)4-2-8-24-19/h1-8,13H,9-12H2. The molecule has 0 N–H and O–H groups in total. The van der Waals surface area contributed by atoms with Crippen LogP contribution in [-0.2, 0) is 0 Å². The van der Waals surface area contributed by atoms with Crippen molar-refractivity contribution < 1.29 is 14.0 Å². The van der Waals surface area contributed by atoms with E-state index in [4.69, 9.17) is 11.6 Å². The summed E-state index contributed by atoms with van der Waals surface area (Å²) in [6, 6.07) is 13.1. The van der Waals surface area contributed by atoms with Gasteiger partial charge in [0.1, 0.15) is 5.82 Å². The lowest BCUT2D eigenvalue weighted by Crippen LogP contribution is -2.50. The average Bonchev–Trinajstić information content (AvgIpc) is 2.74. The summed E-state index contributed by atoms with van der Waals surface area (Å²) >= 11 is 5.88. The topological polar surface area (TPSA) is 53.5 Å². The molecule has 0 spiro atoms. The van der Waals surface area contributed by atoms with Crippen molar-refractivity contribution in [3.63, 3.8) is 0 Å². The molecule has 2 aromatic carbocycles. The van der Waals surface area contributed by atoms with E-state index in [2.05, 4.69) is 4.98 Å². The van der Waals surface area contributed by atoms with Gasteiger partial charge in [-0.05, 0) is 36.4 Å². The Labute approximate surface area is 166 Å². The molecule has 1 fully saturated rings. The molecule has 142 valence electrons. The number of carbonyl (C=O) groups excluding carboxylic acids is 2. The molecular formula is C21H17ClFN3O2. The zero-order valence-corrected chi connectivity index (χ0v) is 15.7. The van der Waals surface area contributed by atoms with E-state index in [1.807, 2.05) is 18.2 Å². The van der Waals surface area contributed by atoms with Gasteiger partial charge in [0, 0.05) is 48.3 Å². The third-order valence-electron chi connectivity index (χ3n) is 4.89. The number of amides is 2. The van der Waals surface area contributed by atoms with Crippen LogP contribution in [0.4, 0.5) is 4.39 Å². The molecule has 0 aliphatic carbocycles. The van der Waals surface area contributed by atoms with Crippen LogP contribution in [-0.4, -0.2) is 52.8 Å². The number of rotatable bonds is 2. The number of carbonyl (C=O) groups is 2. The van der Waals surface area contributed by atoms with Crippen LogP contribution in [0.3, 0.4) is 0 Å². The molecule has 0 atom stereocenters. The Bertz CT molecular complexity index is 1060. The normalized spacial score (nSPS) is 14.4. The number of hydrogen-bond donors (Lipinski definition) is 0. The average molecular weight is 398 g/mol. The van der Waals surface area contributed by atoms with Crippen molar-refractivity contribution in [1.82, 2.24) is 14.8 Å². The second-order valence-corrected chi connectivity index (χ2v) is 7.02. The zero-order chi connectivity index (χ0) is 19.7. The SMILES string of the molecule is O=C(c1cc(Cl)ccc1F)N1CCN(C(=O)c2cccc3ncccc23)CC1. The number of halogens is 2. The molecular weight excluding hydrogens is 381 g/mol. The quantitative estimate of drug-likeness (QED) is 0.663. The number of nitrogens with zero attached hydrogens (tertiary/aromatic N) is 3. The van der Waals surface area contributed by atoms with Gasteiger partial charge in [0.25, 0.3) is 11.8 Å². The van der Waals surface area contributed by atoms with Gasteiger partial charge in [0.05, 0.1) is 11.1 Å². The Morgan fingerprint density at radius 1 is 0.893 bits per heavy atom. The van der Waals surface area contributed by atoms with E-state index in [1.165, 1.54) is 18.2 Å². The van der Waals surface area contributed by atoms with Gasteiger partial charge in [-0.25, -0.2) is 4.39 Å². The molecule has 5 nitrogen and oxygen atoms in total. The van der Waals surface area contributed by atoms with Crippen molar-refractivity contribution in [3.8, 4) is 0 Å². The van der Waals surface area contributed by atoms with Gasteiger partial charge >= 0.3 is 0 Å². The summed E-state index contributed by atoms with van der Waals surface area (Å²) in [5.74, 6) is -1.11. The highest BCUT2D eigenvalue weighted by molar-refractivity contribution is 6.31. The fraction of sp³-hybridized carbons (Fsp3) is 0.190. The molecule has 1 aliphatic heterocycles. The van der Waals surface area contributed by atoms with Crippen molar-refractivity contribution in [2.24, 2.45) is 0 Å². The Balaban J connectivity index is 1.49. The minimum Gasteiger partial charge on any atom is -0.335 e. The second-order valence-electron chi connectivity index (χ2n) is 6.58. The van der Waals surface area contributed by atoms with Crippen LogP contribution >= 0.6 is 11.6 Å². The number of hydrogen-bond acceptors (Lipinski definition) is 3. The highest BCUT2D eigenvalue weighted by Gasteiger charge is 2.27. The number of fused-ring (bicyclic) bond motifs is 1. The van der Waals surface area contributed by atoms with Gasteiger partial charge in [-0.1, -0.05) is 23.7 Å². The van der Waals surface area contributed by atoms with Crippen LogP contribution in [0, 0.1) is 5.82 Å². The minimum absolute atomic E-state index is 0.0487. The molecule has 1 aliphatic rings. The maximum absolute atomic E-state index is 14.0. The monoisotopic (exact) mass is 397 g/mol. The summed E-state index contributed by atoms with van der Waals surface area (Å²) in [4.78, 5) is 33.1. The summed E-state index contributed by atoms with van der Waals surface area (Å²) in [5.41, 5.74) is 1.30. The maximum Gasteiger partial charge on any atom is 0.257 e. The first-order valence-electron chi connectivity index (χ1n) is 8.92. The lowest BCUT2D eigenvalue weighted by Gasteiger charge is -2.35. The van der Waals surface area contributed by atoms with E-state index in [-0.39, 0.29) is 11.5 Å². The molecule has 28 heavy (non-hydrogen) atoms. The minimum atomic E-state index is -0.601. The number of pyridine rings is 1. The van der Waals surface area contributed by atoms with Crippen molar-refractivity contribution in [2.45, 2.75) is 0 Å². The number of piperazine rings is 1. The lowest BCUT2D eigenvalue weighted by atomic mass is 10.1. The van der Waals surface area contributed by atoms with Crippen molar-refractivity contribution >= 4 is 34.3 Å². The van der Waals surface area contributed by atoms with Crippen LogP contribution in [0.25, 0.3) is 10.9 Å². The molecule has 1 aromatic heterocycles. The third-order valence-corrected chi connectivity index (χ3v) is 5.12. The first kappa shape index (κ1) is 18.4. The Hall–Kier alpha value is -2.99. The van der Waals surface area contributed by atoms with E-state index >= 15 is 0 Å². The van der Waals surface area contributed by atoms with Gasteiger partial charge in [-0.15, -0.1) is 0 Å². The van der Waals surface area contributed by atoms with Crippen LogP contribution in [0.5, 0.6) is 0 Å². The predicted octanol–water partition coefficient (Wildman–Crippen LogP) is 3.63. The van der Waals surface area contributed by atoms with Crippen LogP contribution in [0.2, 0.25) is 5.02 Å². The van der Waals surface area contributed by atoms with Crippen LogP contribution in [0.15, 0.2) is 54.7 Å². The highest BCUT2D eigenvalue weighted by atomic mass is 35.5. The second kappa shape index (κ2) is 7.56. The summed E-state index contributed by atoms with van der Waals surface area (Å²) < 4.78 is 14.0. The van der Waals surface area contributed by atoms with Crippen molar-refractivity contribution in [3.05, 3.63) is 76.7 Å². The molecule has 7 heteroatoms. The fourth-order valence-electron chi connectivity index (χ4n) is 3.40. The number of aromatic nitrogens is 1. The first-order chi connectivity index (χ1) is 13.5. The van der Waals surface area contributed by atoms with Crippen molar-refractivity contribution in [2.75, 3.05) is 26.2 Å².